The molecule has 0 bridgehead atoms. The predicted molar refractivity (Wildman–Crippen MR) is 129 cm³/mol. The number of hydrogen-bond acceptors (Lipinski definition) is 8. The van der Waals surface area contributed by atoms with Crippen LogP contribution in [0, 0.1) is 19.3 Å². The van der Waals surface area contributed by atoms with E-state index in [-0.39, 0.29) is 29.5 Å². The molecule has 1 aliphatic heterocycles. The standard InChI is InChI=1S/C23H28F3N7O5/c1-14-3-5-16(6-4-14)7-9-29-19-20(35)31(15(2)11-30-19)12-18(34)33(38-21(36)23(24,25)26)17-8-10-32(22(27)28)37-13-17/h3-6,11,17H,7-10,12-13H2,1-2H3,(H3,27,28)(H,29,30). The van der Waals surface area contributed by atoms with Crippen molar-refractivity contribution in [3.8, 4) is 0 Å². The summed E-state index contributed by atoms with van der Waals surface area (Å²) in [7, 11) is 0. The van der Waals surface area contributed by atoms with Crippen LogP contribution in [0.25, 0.3) is 0 Å². The van der Waals surface area contributed by atoms with E-state index in [2.05, 4.69) is 15.1 Å². The van der Waals surface area contributed by atoms with Gasteiger partial charge in [-0.1, -0.05) is 29.8 Å². The van der Waals surface area contributed by atoms with E-state index in [1.54, 1.807) is 0 Å². The molecular weight excluding hydrogens is 511 g/mol. The van der Waals surface area contributed by atoms with Crippen LogP contribution in [0.15, 0.2) is 35.3 Å². The molecule has 1 aromatic heterocycles. The summed E-state index contributed by atoms with van der Waals surface area (Å²) in [6.07, 6.45) is -3.46. The topological polar surface area (TPSA) is 156 Å². The number of hydrogen-bond donors (Lipinski definition) is 3. The van der Waals surface area contributed by atoms with Gasteiger partial charge in [-0.2, -0.15) is 18.2 Å². The number of aryl methyl sites for hydroxylation is 2. The van der Waals surface area contributed by atoms with Gasteiger partial charge in [-0.15, -0.1) is 0 Å². The molecule has 206 valence electrons. The number of alkyl halides is 3. The lowest BCUT2D eigenvalue weighted by molar-refractivity contribution is -0.257. The number of amides is 1. The van der Waals surface area contributed by atoms with E-state index in [1.165, 1.54) is 13.1 Å². The first kappa shape index (κ1) is 28.4. The molecule has 2 aromatic rings. The smallest absolute Gasteiger partial charge is 0.368 e. The Kier molecular flexibility index (Phi) is 8.93. The Morgan fingerprint density at radius 2 is 1.97 bits per heavy atom. The molecular formula is C23H28F3N7O5. The number of hydroxylamine groups is 4. The largest absolute Gasteiger partial charge is 0.493 e. The van der Waals surface area contributed by atoms with Crippen molar-refractivity contribution in [3.63, 3.8) is 0 Å². The summed E-state index contributed by atoms with van der Waals surface area (Å²) >= 11 is 0. The molecule has 2 heterocycles. The lowest BCUT2D eigenvalue weighted by Crippen LogP contribution is -2.54. The normalized spacial score (nSPS) is 15.6. The molecule has 0 saturated carbocycles. The van der Waals surface area contributed by atoms with Gasteiger partial charge in [0.2, 0.25) is 5.96 Å². The predicted octanol–water partition coefficient (Wildman–Crippen LogP) is 1.26. The highest BCUT2D eigenvalue weighted by Crippen LogP contribution is 2.21. The number of benzene rings is 1. The van der Waals surface area contributed by atoms with Gasteiger partial charge in [0.15, 0.2) is 5.82 Å². The molecule has 1 aromatic carbocycles. The van der Waals surface area contributed by atoms with Crippen LogP contribution in [0.2, 0.25) is 0 Å². The SMILES string of the molecule is Cc1ccc(CCNc2ncc(C)n(CC(=O)N(OC(=O)C(F)(F)F)C3CCN(C(=N)N)OC3)c2=O)cc1. The molecule has 4 N–H and O–H groups in total. The molecule has 0 aliphatic carbocycles. The third-order valence-corrected chi connectivity index (χ3v) is 5.72. The molecule has 1 fully saturated rings. The second-order valence-electron chi connectivity index (χ2n) is 8.62. The molecule has 1 saturated heterocycles. The van der Waals surface area contributed by atoms with E-state index in [0.29, 0.717) is 13.0 Å². The minimum Gasteiger partial charge on any atom is -0.368 e. The van der Waals surface area contributed by atoms with Crippen molar-refractivity contribution in [2.24, 2.45) is 5.73 Å². The molecule has 38 heavy (non-hydrogen) atoms. The van der Waals surface area contributed by atoms with E-state index < -0.39 is 48.8 Å². The van der Waals surface area contributed by atoms with Crippen LogP contribution in [0.1, 0.15) is 23.2 Å². The number of anilines is 1. The maximum Gasteiger partial charge on any atom is 0.493 e. The van der Waals surface area contributed by atoms with Crippen LogP contribution in [-0.2, 0) is 32.2 Å². The lowest BCUT2D eigenvalue weighted by atomic mass is 10.1. The number of carbonyl (C=O) groups is 2. The zero-order chi connectivity index (χ0) is 28.0. The first-order valence-corrected chi connectivity index (χ1v) is 11.6. The van der Waals surface area contributed by atoms with Crippen LogP contribution < -0.4 is 16.6 Å². The van der Waals surface area contributed by atoms with Gasteiger partial charge >= 0.3 is 12.1 Å². The third-order valence-electron chi connectivity index (χ3n) is 5.72. The summed E-state index contributed by atoms with van der Waals surface area (Å²) in [5.41, 5.74) is 7.06. The van der Waals surface area contributed by atoms with Gasteiger partial charge in [-0.25, -0.2) is 14.8 Å². The summed E-state index contributed by atoms with van der Waals surface area (Å²) in [4.78, 5) is 51.3. The van der Waals surface area contributed by atoms with Crippen LogP contribution >= 0.6 is 0 Å². The molecule has 15 heteroatoms. The molecule has 1 amide bonds. The first-order chi connectivity index (χ1) is 17.9. The maximum atomic E-state index is 13.1. The lowest BCUT2D eigenvalue weighted by Gasteiger charge is -2.36. The fraction of sp³-hybridized carbons (Fsp3) is 0.435. The second kappa shape index (κ2) is 11.9. The minimum atomic E-state index is -5.36. The van der Waals surface area contributed by atoms with Crippen molar-refractivity contribution >= 4 is 23.7 Å². The van der Waals surface area contributed by atoms with Gasteiger partial charge in [0, 0.05) is 18.4 Å². The van der Waals surface area contributed by atoms with Gasteiger partial charge < -0.3 is 15.9 Å². The molecule has 3 rings (SSSR count). The summed E-state index contributed by atoms with van der Waals surface area (Å²) in [5, 5.41) is 11.5. The number of nitrogens with one attached hydrogen (secondary N) is 2. The van der Waals surface area contributed by atoms with Crippen molar-refractivity contribution in [2.45, 2.75) is 45.5 Å². The van der Waals surface area contributed by atoms with Crippen molar-refractivity contribution in [2.75, 3.05) is 25.0 Å². The van der Waals surface area contributed by atoms with E-state index in [0.717, 1.165) is 20.8 Å². The minimum absolute atomic E-state index is 0.0213. The van der Waals surface area contributed by atoms with Gasteiger partial charge in [0.25, 0.3) is 11.5 Å². The molecule has 1 atom stereocenters. The van der Waals surface area contributed by atoms with Gasteiger partial charge in [-0.05, 0) is 32.3 Å². The van der Waals surface area contributed by atoms with Gasteiger partial charge in [0.05, 0.1) is 19.2 Å². The highest BCUT2D eigenvalue weighted by Gasteiger charge is 2.45. The number of carbonyl (C=O) groups excluding carboxylic acids is 2. The molecule has 0 radical (unpaired) electrons. The molecule has 12 nitrogen and oxygen atoms in total. The third kappa shape index (κ3) is 7.21. The average molecular weight is 540 g/mol. The summed E-state index contributed by atoms with van der Waals surface area (Å²) < 4.78 is 39.7. The fourth-order valence-electron chi connectivity index (χ4n) is 3.61. The highest BCUT2D eigenvalue weighted by atomic mass is 19.4. The number of nitrogens with zero attached hydrogens (tertiary/aromatic N) is 4. The second-order valence-corrected chi connectivity index (χ2v) is 8.62. The Morgan fingerprint density at radius 1 is 1.29 bits per heavy atom. The highest BCUT2D eigenvalue weighted by molar-refractivity contribution is 5.80. The quantitative estimate of drug-likeness (QED) is 0.268. The van der Waals surface area contributed by atoms with Crippen LogP contribution in [0.5, 0.6) is 0 Å². The number of guanidine groups is 1. The number of aromatic nitrogens is 2. The monoisotopic (exact) mass is 539 g/mol. The Hall–Kier alpha value is -4.14. The maximum absolute atomic E-state index is 13.1. The van der Waals surface area contributed by atoms with E-state index >= 15 is 0 Å². The number of rotatable bonds is 7. The Balaban J connectivity index is 1.75. The van der Waals surface area contributed by atoms with Gasteiger partial charge in [-0.3, -0.25) is 24.4 Å². The summed E-state index contributed by atoms with van der Waals surface area (Å²) in [5.74, 6) is -4.17. The molecule has 0 spiro atoms. The summed E-state index contributed by atoms with van der Waals surface area (Å²) in [6, 6.07) is 6.72. The average Bonchev–Trinajstić information content (AvgIpc) is 2.86. The van der Waals surface area contributed by atoms with E-state index in [1.807, 2.05) is 31.2 Å². The van der Waals surface area contributed by atoms with E-state index in [4.69, 9.17) is 16.0 Å². The van der Waals surface area contributed by atoms with Crippen LogP contribution in [0.4, 0.5) is 19.0 Å². The van der Waals surface area contributed by atoms with Gasteiger partial charge in [0.1, 0.15) is 6.54 Å². The molecule has 1 unspecified atom stereocenters. The number of nitrogens with two attached hydrogens (primary N) is 1. The Labute approximate surface area is 215 Å². The summed E-state index contributed by atoms with van der Waals surface area (Å²) in [6.45, 7) is 2.66. The number of halogens is 3. The zero-order valence-corrected chi connectivity index (χ0v) is 20.7. The van der Waals surface area contributed by atoms with Crippen molar-refractivity contribution in [1.82, 2.24) is 19.7 Å². The molecule has 1 aliphatic rings. The first-order valence-electron chi connectivity index (χ1n) is 11.6. The Morgan fingerprint density at radius 3 is 2.55 bits per heavy atom. The van der Waals surface area contributed by atoms with Crippen molar-refractivity contribution < 1.29 is 32.4 Å². The van der Waals surface area contributed by atoms with Crippen LogP contribution in [0.3, 0.4) is 0 Å². The fourth-order valence-corrected chi connectivity index (χ4v) is 3.61. The zero-order valence-electron chi connectivity index (χ0n) is 20.7. The van der Waals surface area contributed by atoms with E-state index in [9.17, 15) is 27.6 Å². The van der Waals surface area contributed by atoms with Crippen LogP contribution in [-0.4, -0.2) is 69.4 Å². The van der Waals surface area contributed by atoms with Crippen molar-refractivity contribution in [3.05, 3.63) is 57.6 Å². The Bertz CT molecular complexity index is 1230. The van der Waals surface area contributed by atoms with Crippen molar-refractivity contribution in [1.29, 1.82) is 5.41 Å².